The first kappa shape index (κ1) is 15.1. The van der Waals surface area contributed by atoms with E-state index in [1.165, 1.54) is 24.3 Å². The zero-order chi connectivity index (χ0) is 14.7. The first-order valence-electron chi connectivity index (χ1n) is 5.54. The molecule has 0 bridgehead atoms. The summed E-state index contributed by atoms with van der Waals surface area (Å²) in [6.07, 6.45) is 0. The van der Waals surface area contributed by atoms with Crippen LogP contribution in [0.2, 0.25) is 10.0 Å². The van der Waals surface area contributed by atoms with Gasteiger partial charge in [-0.1, -0.05) is 29.3 Å². The number of benzene rings is 2. The number of hydrogen-bond donors (Lipinski definition) is 0. The van der Waals surface area contributed by atoms with E-state index in [1.54, 1.807) is 12.1 Å². The molecule has 0 radical (unpaired) electrons. The van der Waals surface area contributed by atoms with Gasteiger partial charge in [0.2, 0.25) is 0 Å². The first-order chi connectivity index (χ1) is 9.49. The van der Waals surface area contributed by atoms with E-state index in [9.17, 15) is 9.18 Å². The molecule has 104 valence electrons. The van der Waals surface area contributed by atoms with E-state index < -0.39 is 11.1 Å². The van der Waals surface area contributed by atoms with Crippen LogP contribution in [0.4, 0.5) is 4.39 Å². The molecule has 2 nitrogen and oxygen atoms in total. The van der Waals surface area contributed by atoms with Gasteiger partial charge in [-0.05, 0) is 41.9 Å². The molecule has 0 aliphatic rings. The van der Waals surface area contributed by atoms with Crippen molar-refractivity contribution < 1.29 is 13.9 Å². The number of halogens is 4. The molecule has 0 atom stereocenters. The fourth-order valence-corrected chi connectivity index (χ4v) is 2.14. The molecule has 0 saturated heterocycles. The summed E-state index contributed by atoms with van der Waals surface area (Å²) in [5.74, 6) is -0.265. The maximum absolute atomic E-state index is 13.6. The van der Waals surface area contributed by atoms with Crippen LogP contribution in [-0.2, 0) is 6.61 Å². The Hall–Kier alpha value is -1.29. The topological polar surface area (TPSA) is 26.3 Å². The zero-order valence-corrected chi connectivity index (χ0v) is 12.3. The monoisotopic (exact) mass is 332 g/mol. The molecule has 2 aromatic rings. The zero-order valence-electron chi connectivity index (χ0n) is 10.00. The van der Waals surface area contributed by atoms with E-state index in [1.807, 2.05) is 0 Å². The third kappa shape index (κ3) is 3.42. The second-order valence-electron chi connectivity index (χ2n) is 3.90. The largest absolute Gasteiger partial charge is 0.488 e. The van der Waals surface area contributed by atoms with Crippen LogP contribution >= 0.6 is 34.8 Å². The number of hydrogen-bond acceptors (Lipinski definition) is 2. The summed E-state index contributed by atoms with van der Waals surface area (Å²) in [7, 11) is 0. The minimum absolute atomic E-state index is 0.117. The Balaban J connectivity index is 2.25. The fraction of sp³-hybridized carbons (Fsp3) is 0.0714. The van der Waals surface area contributed by atoms with Crippen LogP contribution in [0.3, 0.4) is 0 Å². The van der Waals surface area contributed by atoms with E-state index in [0.717, 1.165) is 0 Å². The minimum Gasteiger partial charge on any atom is -0.488 e. The Morgan fingerprint density at radius 1 is 1.20 bits per heavy atom. The summed E-state index contributed by atoms with van der Waals surface area (Å²) in [6, 6.07) is 8.75. The lowest BCUT2D eigenvalue weighted by molar-refractivity contribution is 0.107. The molecule has 0 aliphatic heterocycles. The summed E-state index contributed by atoms with van der Waals surface area (Å²) in [5, 5.41) is -0.106. The highest BCUT2D eigenvalue weighted by Crippen LogP contribution is 2.27. The van der Waals surface area contributed by atoms with Gasteiger partial charge in [-0.2, -0.15) is 0 Å². The molecular weight excluding hydrogens is 326 g/mol. The normalized spacial score (nSPS) is 10.4. The Labute approximate surface area is 130 Å². The quantitative estimate of drug-likeness (QED) is 0.728. The van der Waals surface area contributed by atoms with Gasteiger partial charge in [-0.25, -0.2) is 4.39 Å². The lowest BCUT2D eigenvalue weighted by Crippen LogP contribution is -2.03. The van der Waals surface area contributed by atoms with Crippen LogP contribution in [-0.4, -0.2) is 5.24 Å². The van der Waals surface area contributed by atoms with Gasteiger partial charge >= 0.3 is 0 Å². The van der Waals surface area contributed by atoms with Gasteiger partial charge in [0.1, 0.15) is 18.2 Å². The summed E-state index contributed by atoms with van der Waals surface area (Å²) in [5.41, 5.74) is 0.323. The van der Waals surface area contributed by atoms with Crippen molar-refractivity contribution in [2.24, 2.45) is 0 Å². The first-order valence-corrected chi connectivity index (χ1v) is 6.67. The van der Waals surface area contributed by atoms with E-state index in [4.69, 9.17) is 39.5 Å². The maximum atomic E-state index is 13.6. The summed E-state index contributed by atoms with van der Waals surface area (Å²) in [4.78, 5) is 11.3. The molecule has 0 spiro atoms. The Morgan fingerprint density at radius 2 is 1.95 bits per heavy atom. The number of rotatable bonds is 4. The van der Waals surface area contributed by atoms with Crippen molar-refractivity contribution in [1.29, 1.82) is 0 Å². The Morgan fingerprint density at radius 3 is 2.60 bits per heavy atom. The smallest absolute Gasteiger partial charge is 0.256 e. The van der Waals surface area contributed by atoms with E-state index in [0.29, 0.717) is 5.02 Å². The van der Waals surface area contributed by atoms with Crippen molar-refractivity contribution in [1.82, 2.24) is 0 Å². The number of ether oxygens (including phenoxy) is 1. The van der Waals surface area contributed by atoms with Gasteiger partial charge in [-0.3, -0.25) is 4.79 Å². The molecule has 2 aromatic carbocycles. The highest BCUT2D eigenvalue weighted by Gasteiger charge is 2.13. The van der Waals surface area contributed by atoms with Crippen molar-refractivity contribution in [2.45, 2.75) is 6.61 Å². The molecule has 20 heavy (non-hydrogen) atoms. The predicted molar refractivity (Wildman–Crippen MR) is 77.4 cm³/mol. The Kier molecular flexibility index (Phi) is 4.86. The second-order valence-corrected chi connectivity index (χ2v) is 5.09. The van der Waals surface area contributed by atoms with Crippen molar-refractivity contribution in [3.63, 3.8) is 0 Å². The van der Waals surface area contributed by atoms with Crippen molar-refractivity contribution >= 4 is 40.0 Å². The molecule has 2 rings (SSSR count). The maximum Gasteiger partial charge on any atom is 0.256 e. The summed E-state index contributed by atoms with van der Waals surface area (Å²) >= 11 is 17.1. The average molecular weight is 334 g/mol. The highest BCUT2D eigenvalue weighted by molar-refractivity contribution is 6.68. The molecule has 0 aromatic heterocycles. The highest BCUT2D eigenvalue weighted by atomic mass is 35.5. The minimum atomic E-state index is -0.706. The van der Waals surface area contributed by atoms with Crippen LogP contribution in [0.15, 0.2) is 36.4 Å². The number of carbonyl (C=O) groups excluding carboxylic acids is 1. The number of carbonyl (C=O) groups is 1. The standard InChI is InChI=1S/C14H8Cl3FO2/c15-8-4-5-13(9(6-8)14(17)19)20-7-10-11(16)2-1-3-12(10)18/h1-6H,7H2. The van der Waals surface area contributed by atoms with E-state index >= 15 is 0 Å². The summed E-state index contributed by atoms with van der Waals surface area (Å²) < 4.78 is 19.0. The van der Waals surface area contributed by atoms with Crippen molar-refractivity contribution in [2.75, 3.05) is 0 Å². The Bertz CT molecular complexity index is 639. The summed E-state index contributed by atoms with van der Waals surface area (Å²) in [6.45, 7) is -0.121. The van der Waals surface area contributed by atoms with Gasteiger partial charge in [0, 0.05) is 10.6 Å². The average Bonchev–Trinajstić information content (AvgIpc) is 2.39. The van der Waals surface area contributed by atoms with Gasteiger partial charge in [-0.15, -0.1) is 0 Å². The third-order valence-electron chi connectivity index (χ3n) is 2.59. The lowest BCUT2D eigenvalue weighted by Gasteiger charge is -2.11. The van der Waals surface area contributed by atoms with E-state index in [2.05, 4.69) is 0 Å². The van der Waals surface area contributed by atoms with Crippen LogP contribution in [0, 0.1) is 5.82 Å². The van der Waals surface area contributed by atoms with Crippen LogP contribution in [0.1, 0.15) is 15.9 Å². The van der Waals surface area contributed by atoms with Gasteiger partial charge in [0.15, 0.2) is 0 Å². The molecule has 0 amide bonds. The van der Waals surface area contributed by atoms with Gasteiger partial charge in [0.25, 0.3) is 5.24 Å². The van der Waals surface area contributed by atoms with Gasteiger partial charge < -0.3 is 4.74 Å². The SMILES string of the molecule is O=C(Cl)c1cc(Cl)ccc1OCc1c(F)cccc1Cl. The molecule has 0 heterocycles. The lowest BCUT2D eigenvalue weighted by atomic mass is 10.2. The second kappa shape index (κ2) is 6.44. The molecule has 0 unspecified atom stereocenters. The fourth-order valence-electron chi connectivity index (χ4n) is 1.60. The van der Waals surface area contributed by atoms with Gasteiger partial charge in [0.05, 0.1) is 10.6 Å². The van der Waals surface area contributed by atoms with Crippen LogP contribution < -0.4 is 4.74 Å². The predicted octanol–water partition coefficient (Wildman–Crippen LogP) is 5.09. The van der Waals surface area contributed by atoms with Crippen LogP contribution in [0.25, 0.3) is 0 Å². The van der Waals surface area contributed by atoms with E-state index in [-0.39, 0.29) is 28.5 Å². The third-order valence-corrected chi connectivity index (χ3v) is 3.38. The van der Waals surface area contributed by atoms with Crippen LogP contribution in [0.5, 0.6) is 5.75 Å². The van der Waals surface area contributed by atoms with Crippen molar-refractivity contribution in [3.05, 3.63) is 63.4 Å². The molecule has 0 saturated carbocycles. The molecular formula is C14H8Cl3FO2. The molecule has 0 aliphatic carbocycles. The van der Waals surface area contributed by atoms with Crippen molar-refractivity contribution in [3.8, 4) is 5.75 Å². The molecule has 6 heteroatoms. The molecule has 0 N–H and O–H groups in total. The molecule has 0 fully saturated rings.